The zero-order valence-electron chi connectivity index (χ0n) is 12.7. The van der Waals surface area contributed by atoms with Crippen molar-refractivity contribution in [2.75, 3.05) is 13.1 Å². The fourth-order valence-corrected chi connectivity index (χ4v) is 2.76. The van der Waals surface area contributed by atoms with Crippen LogP contribution in [-0.2, 0) is 11.2 Å². The minimum atomic E-state index is 0.122. The highest BCUT2D eigenvalue weighted by molar-refractivity contribution is 6.30. The Morgan fingerprint density at radius 2 is 2.17 bits per heavy atom. The van der Waals surface area contributed by atoms with E-state index in [4.69, 9.17) is 21.9 Å². The molecule has 0 spiro atoms. The van der Waals surface area contributed by atoms with Gasteiger partial charge in [-0.3, -0.25) is 4.79 Å². The minimum Gasteiger partial charge on any atom is -0.341 e. The maximum Gasteiger partial charge on any atom is 0.226 e. The Kier molecular flexibility index (Phi) is 4.93. The van der Waals surface area contributed by atoms with Crippen molar-refractivity contribution in [3.63, 3.8) is 0 Å². The van der Waals surface area contributed by atoms with Crippen LogP contribution in [0.3, 0.4) is 0 Å². The van der Waals surface area contributed by atoms with Crippen LogP contribution in [0.2, 0.25) is 5.02 Å². The van der Waals surface area contributed by atoms with Crippen LogP contribution in [-0.4, -0.2) is 40.1 Å². The SMILES string of the molecule is N[C@@H]1CCN(C(=O)CCCc2nc(-c3ccc(Cl)cc3)no2)C1. The Hall–Kier alpha value is -1.92. The number of nitrogens with two attached hydrogens (primary N) is 1. The summed E-state index contributed by atoms with van der Waals surface area (Å²) >= 11 is 5.86. The third-order valence-corrected chi connectivity index (χ3v) is 4.18. The highest BCUT2D eigenvalue weighted by atomic mass is 35.5. The molecule has 1 saturated heterocycles. The second kappa shape index (κ2) is 7.10. The first-order valence-corrected chi connectivity index (χ1v) is 8.11. The lowest BCUT2D eigenvalue weighted by atomic mass is 10.2. The highest BCUT2D eigenvalue weighted by Gasteiger charge is 2.23. The van der Waals surface area contributed by atoms with E-state index in [2.05, 4.69) is 10.1 Å². The predicted molar refractivity (Wildman–Crippen MR) is 86.9 cm³/mol. The first-order chi connectivity index (χ1) is 11.1. The molecule has 1 aromatic heterocycles. The van der Waals surface area contributed by atoms with Crippen LogP contribution < -0.4 is 5.73 Å². The van der Waals surface area contributed by atoms with Crippen LogP contribution in [0.15, 0.2) is 28.8 Å². The number of rotatable bonds is 5. The van der Waals surface area contributed by atoms with Gasteiger partial charge in [-0.05, 0) is 37.1 Å². The lowest BCUT2D eigenvalue weighted by Gasteiger charge is -2.15. The number of aromatic nitrogens is 2. The van der Waals surface area contributed by atoms with Crippen molar-refractivity contribution in [1.82, 2.24) is 15.0 Å². The van der Waals surface area contributed by atoms with Gasteiger partial charge in [-0.15, -0.1) is 0 Å². The summed E-state index contributed by atoms with van der Waals surface area (Å²) in [7, 11) is 0. The number of carbonyl (C=O) groups is 1. The summed E-state index contributed by atoms with van der Waals surface area (Å²) in [6, 6.07) is 7.38. The number of carbonyl (C=O) groups excluding carboxylic acids is 1. The van der Waals surface area contributed by atoms with Gasteiger partial charge >= 0.3 is 0 Å². The molecule has 0 unspecified atom stereocenters. The quantitative estimate of drug-likeness (QED) is 0.906. The molecule has 3 rings (SSSR count). The van der Waals surface area contributed by atoms with Crippen LogP contribution in [0, 0.1) is 0 Å². The molecule has 0 aliphatic carbocycles. The first-order valence-electron chi connectivity index (χ1n) is 7.73. The third kappa shape index (κ3) is 4.09. The van der Waals surface area contributed by atoms with Gasteiger partial charge in [-0.25, -0.2) is 0 Å². The molecular weight excluding hydrogens is 316 g/mol. The Balaban J connectivity index is 1.49. The monoisotopic (exact) mass is 334 g/mol. The Labute approximate surface area is 139 Å². The Bertz CT molecular complexity index is 671. The van der Waals surface area contributed by atoms with E-state index in [0.717, 1.165) is 18.5 Å². The van der Waals surface area contributed by atoms with Crippen LogP contribution in [0.4, 0.5) is 0 Å². The van der Waals surface area contributed by atoms with Gasteiger partial charge in [-0.2, -0.15) is 4.98 Å². The zero-order valence-corrected chi connectivity index (χ0v) is 13.5. The van der Waals surface area contributed by atoms with Gasteiger partial charge < -0.3 is 15.2 Å². The molecule has 1 fully saturated rings. The molecule has 0 bridgehead atoms. The van der Waals surface area contributed by atoms with Crippen molar-refractivity contribution in [2.45, 2.75) is 31.7 Å². The van der Waals surface area contributed by atoms with Crippen molar-refractivity contribution in [2.24, 2.45) is 5.73 Å². The van der Waals surface area contributed by atoms with Gasteiger partial charge in [0.15, 0.2) is 0 Å². The van der Waals surface area contributed by atoms with E-state index in [1.54, 1.807) is 12.1 Å². The lowest BCUT2D eigenvalue weighted by Crippen LogP contribution is -2.31. The summed E-state index contributed by atoms with van der Waals surface area (Å²) in [6.45, 7) is 1.43. The number of aryl methyl sites for hydroxylation is 1. The number of nitrogens with zero attached hydrogens (tertiary/aromatic N) is 3. The summed E-state index contributed by atoms with van der Waals surface area (Å²) in [5.41, 5.74) is 6.67. The number of benzene rings is 1. The molecule has 2 heterocycles. The number of halogens is 1. The molecule has 122 valence electrons. The van der Waals surface area contributed by atoms with E-state index in [-0.39, 0.29) is 11.9 Å². The maximum atomic E-state index is 12.0. The van der Waals surface area contributed by atoms with Gasteiger partial charge in [0.2, 0.25) is 17.6 Å². The number of likely N-dealkylation sites (tertiary alicyclic amines) is 1. The normalized spacial score (nSPS) is 17.7. The second-order valence-corrected chi connectivity index (χ2v) is 6.20. The van der Waals surface area contributed by atoms with Crippen LogP contribution in [0.25, 0.3) is 11.4 Å². The highest BCUT2D eigenvalue weighted by Crippen LogP contribution is 2.19. The van der Waals surface area contributed by atoms with Crippen molar-refractivity contribution in [1.29, 1.82) is 0 Å². The maximum absolute atomic E-state index is 12.0. The van der Waals surface area contributed by atoms with Crippen molar-refractivity contribution >= 4 is 17.5 Å². The van der Waals surface area contributed by atoms with Crippen LogP contribution >= 0.6 is 11.6 Å². The van der Waals surface area contributed by atoms with E-state index >= 15 is 0 Å². The molecular formula is C16H19ClN4O2. The first kappa shape index (κ1) is 16.0. The average Bonchev–Trinajstić information content (AvgIpc) is 3.17. The molecule has 7 heteroatoms. The smallest absolute Gasteiger partial charge is 0.226 e. The molecule has 1 aliphatic heterocycles. The van der Waals surface area contributed by atoms with E-state index in [9.17, 15) is 4.79 Å². The fourth-order valence-electron chi connectivity index (χ4n) is 2.64. The van der Waals surface area contributed by atoms with E-state index in [0.29, 0.717) is 42.5 Å². The third-order valence-electron chi connectivity index (χ3n) is 3.93. The molecule has 2 N–H and O–H groups in total. The standard InChI is InChI=1S/C16H19ClN4O2/c17-12-6-4-11(5-7-12)16-19-14(23-20-16)2-1-3-15(22)21-9-8-13(18)10-21/h4-7,13H,1-3,8-10,18H2/t13-/m1/s1. The Morgan fingerprint density at radius 1 is 1.39 bits per heavy atom. The minimum absolute atomic E-state index is 0.122. The number of hydrogen-bond acceptors (Lipinski definition) is 5. The van der Waals surface area contributed by atoms with Crippen molar-refractivity contribution < 1.29 is 9.32 Å². The van der Waals surface area contributed by atoms with E-state index in [1.165, 1.54) is 0 Å². The summed E-state index contributed by atoms with van der Waals surface area (Å²) in [4.78, 5) is 18.2. The number of amides is 1. The second-order valence-electron chi connectivity index (χ2n) is 5.76. The van der Waals surface area contributed by atoms with Crippen molar-refractivity contribution in [3.8, 4) is 11.4 Å². The molecule has 1 aromatic carbocycles. The Morgan fingerprint density at radius 3 is 2.87 bits per heavy atom. The van der Waals surface area contributed by atoms with Gasteiger partial charge in [0.25, 0.3) is 0 Å². The predicted octanol–water partition coefficient (Wildman–Crippen LogP) is 2.27. The average molecular weight is 335 g/mol. The topological polar surface area (TPSA) is 85.2 Å². The van der Waals surface area contributed by atoms with Crippen molar-refractivity contribution in [3.05, 3.63) is 35.2 Å². The molecule has 0 saturated carbocycles. The molecule has 1 amide bonds. The van der Waals surface area contributed by atoms with E-state index < -0.39 is 0 Å². The largest absolute Gasteiger partial charge is 0.341 e. The number of hydrogen-bond donors (Lipinski definition) is 1. The molecule has 1 atom stereocenters. The molecule has 2 aromatic rings. The van der Waals surface area contributed by atoms with E-state index in [1.807, 2.05) is 17.0 Å². The van der Waals surface area contributed by atoms with Gasteiger partial charge in [0.05, 0.1) is 0 Å². The molecule has 1 aliphatic rings. The lowest BCUT2D eigenvalue weighted by molar-refractivity contribution is -0.130. The summed E-state index contributed by atoms with van der Waals surface area (Å²) < 4.78 is 5.23. The van der Waals surface area contributed by atoms with Gasteiger partial charge in [0, 0.05) is 42.6 Å². The zero-order chi connectivity index (χ0) is 16.2. The molecule has 0 radical (unpaired) electrons. The van der Waals surface area contributed by atoms with Crippen LogP contribution in [0.1, 0.15) is 25.2 Å². The van der Waals surface area contributed by atoms with Crippen LogP contribution in [0.5, 0.6) is 0 Å². The molecule has 6 nitrogen and oxygen atoms in total. The summed E-state index contributed by atoms with van der Waals surface area (Å²) in [5, 5.41) is 4.62. The fraction of sp³-hybridized carbons (Fsp3) is 0.438. The summed E-state index contributed by atoms with van der Waals surface area (Å²) in [5.74, 6) is 1.23. The van der Waals surface area contributed by atoms with Gasteiger partial charge in [0.1, 0.15) is 0 Å². The summed E-state index contributed by atoms with van der Waals surface area (Å²) in [6.07, 6.45) is 2.64. The molecule has 23 heavy (non-hydrogen) atoms. The van der Waals surface area contributed by atoms with Gasteiger partial charge in [-0.1, -0.05) is 16.8 Å².